The first-order valence-corrected chi connectivity index (χ1v) is 6.69. The number of carbonyl (C=O) groups excluding carboxylic acids is 1. The molecule has 0 unspecified atom stereocenters. The second-order valence-corrected chi connectivity index (χ2v) is 4.84. The van der Waals surface area contributed by atoms with Gasteiger partial charge in [-0.2, -0.15) is 0 Å². The smallest absolute Gasteiger partial charge is 0.253 e. The summed E-state index contributed by atoms with van der Waals surface area (Å²) in [5.74, 6) is -0.569. The van der Waals surface area contributed by atoms with Crippen LogP contribution in [0, 0.1) is 5.82 Å². The van der Waals surface area contributed by atoms with E-state index >= 15 is 0 Å². The molecule has 0 aliphatic rings. The first-order valence-electron chi connectivity index (χ1n) is 6.69. The van der Waals surface area contributed by atoms with Gasteiger partial charge in [0, 0.05) is 19.2 Å². The summed E-state index contributed by atoms with van der Waals surface area (Å²) in [7, 11) is 1.72. The fourth-order valence-electron chi connectivity index (χ4n) is 2.07. The van der Waals surface area contributed by atoms with E-state index in [-0.39, 0.29) is 5.91 Å². The molecule has 2 rings (SSSR count). The molecule has 104 valence electrons. The van der Waals surface area contributed by atoms with Crippen molar-refractivity contribution in [2.45, 2.75) is 19.9 Å². The standard InChI is InChI=1S/C17H18FNO/c1-3-13-7-9-14(10-8-13)12-19(2)17(20)15-5-4-6-16(18)11-15/h4-11H,3,12H2,1-2H3. The van der Waals surface area contributed by atoms with Crippen LogP contribution >= 0.6 is 0 Å². The van der Waals surface area contributed by atoms with Gasteiger partial charge in [0.05, 0.1) is 0 Å². The number of nitrogens with zero attached hydrogens (tertiary/aromatic N) is 1. The summed E-state index contributed by atoms with van der Waals surface area (Å²) in [6, 6.07) is 13.9. The normalized spacial score (nSPS) is 10.3. The summed E-state index contributed by atoms with van der Waals surface area (Å²) < 4.78 is 13.1. The maximum Gasteiger partial charge on any atom is 0.253 e. The zero-order valence-corrected chi connectivity index (χ0v) is 11.8. The maximum atomic E-state index is 13.1. The minimum Gasteiger partial charge on any atom is -0.337 e. The summed E-state index contributed by atoms with van der Waals surface area (Å²) in [5, 5.41) is 0. The number of halogens is 1. The fourth-order valence-corrected chi connectivity index (χ4v) is 2.07. The molecule has 2 aromatic rings. The Kier molecular flexibility index (Phi) is 4.51. The Hall–Kier alpha value is -2.16. The summed E-state index contributed by atoms with van der Waals surface area (Å²) in [4.78, 5) is 13.8. The highest BCUT2D eigenvalue weighted by Gasteiger charge is 2.12. The van der Waals surface area contributed by atoms with Crippen molar-refractivity contribution >= 4 is 5.91 Å². The van der Waals surface area contributed by atoms with Crippen LogP contribution in [0.5, 0.6) is 0 Å². The molecule has 0 atom stereocenters. The minimum absolute atomic E-state index is 0.177. The summed E-state index contributed by atoms with van der Waals surface area (Å²) in [6.45, 7) is 2.62. The largest absolute Gasteiger partial charge is 0.337 e. The van der Waals surface area contributed by atoms with E-state index in [0.29, 0.717) is 12.1 Å². The van der Waals surface area contributed by atoms with E-state index in [0.717, 1.165) is 12.0 Å². The van der Waals surface area contributed by atoms with Crippen LogP contribution in [-0.2, 0) is 13.0 Å². The topological polar surface area (TPSA) is 20.3 Å². The van der Waals surface area contributed by atoms with Crippen molar-refractivity contribution in [1.82, 2.24) is 4.90 Å². The summed E-state index contributed by atoms with van der Waals surface area (Å²) in [6.07, 6.45) is 0.998. The molecule has 0 aromatic heterocycles. The Bertz CT molecular complexity index is 592. The van der Waals surface area contributed by atoms with E-state index in [4.69, 9.17) is 0 Å². The molecule has 0 heterocycles. The molecule has 0 aliphatic carbocycles. The zero-order valence-electron chi connectivity index (χ0n) is 11.8. The summed E-state index contributed by atoms with van der Waals surface area (Å²) in [5.41, 5.74) is 2.71. The number of amides is 1. The Morgan fingerprint density at radius 2 is 1.75 bits per heavy atom. The van der Waals surface area contributed by atoms with Gasteiger partial charge in [-0.15, -0.1) is 0 Å². The lowest BCUT2D eigenvalue weighted by Gasteiger charge is -2.17. The molecule has 0 fully saturated rings. The van der Waals surface area contributed by atoms with Gasteiger partial charge in [0.25, 0.3) is 5.91 Å². The molecule has 3 heteroatoms. The molecule has 1 amide bonds. The Balaban J connectivity index is 2.07. The predicted molar refractivity (Wildman–Crippen MR) is 78.0 cm³/mol. The van der Waals surface area contributed by atoms with Gasteiger partial charge in [-0.05, 0) is 35.7 Å². The second-order valence-electron chi connectivity index (χ2n) is 4.84. The lowest BCUT2D eigenvalue weighted by atomic mass is 10.1. The van der Waals surface area contributed by atoms with Crippen LogP contribution in [0.2, 0.25) is 0 Å². The fraction of sp³-hybridized carbons (Fsp3) is 0.235. The molecule has 0 aliphatic heterocycles. The molecule has 0 saturated heterocycles. The maximum absolute atomic E-state index is 13.1. The Morgan fingerprint density at radius 3 is 2.35 bits per heavy atom. The lowest BCUT2D eigenvalue weighted by Crippen LogP contribution is -2.26. The van der Waals surface area contributed by atoms with Crippen LogP contribution in [0.4, 0.5) is 4.39 Å². The van der Waals surface area contributed by atoms with E-state index in [1.54, 1.807) is 24.1 Å². The highest BCUT2D eigenvalue weighted by Crippen LogP contribution is 2.11. The lowest BCUT2D eigenvalue weighted by molar-refractivity contribution is 0.0784. The van der Waals surface area contributed by atoms with Gasteiger partial charge in [0.1, 0.15) is 5.82 Å². The molecule has 2 nitrogen and oxygen atoms in total. The predicted octanol–water partition coefficient (Wildman–Crippen LogP) is 3.66. The number of benzene rings is 2. The van der Waals surface area contributed by atoms with Gasteiger partial charge in [-0.25, -0.2) is 4.39 Å². The molecule has 2 aromatic carbocycles. The van der Waals surface area contributed by atoms with Crippen LogP contribution in [-0.4, -0.2) is 17.9 Å². The summed E-state index contributed by atoms with van der Waals surface area (Å²) >= 11 is 0. The third-order valence-electron chi connectivity index (χ3n) is 3.27. The van der Waals surface area contributed by atoms with Crippen LogP contribution in [0.1, 0.15) is 28.4 Å². The highest BCUT2D eigenvalue weighted by atomic mass is 19.1. The Morgan fingerprint density at radius 1 is 1.10 bits per heavy atom. The Labute approximate surface area is 118 Å². The second kappa shape index (κ2) is 6.33. The van der Waals surface area contributed by atoms with E-state index in [9.17, 15) is 9.18 Å². The molecule has 20 heavy (non-hydrogen) atoms. The third kappa shape index (κ3) is 3.44. The van der Waals surface area contributed by atoms with Crippen LogP contribution in [0.25, 0.3) is 0 Å². The third-order valence-corrected chi connectivity index (χ3v) is 3.27. The first kappa shape index (κ1) is 14.3. The van der Waals surface area contributed by atoms with Crippen LogP contribution in [0.15, 0.2) is 48.5 Å². The van der Waals surface area contributed by atoms with Gasteiger partial charge in [0.2, 0.25) is 0 Å². The van der Waals surface area contributed by atoms with E-state index in [1.807, 2.05) is 12.1 Å². The molecule has 0 bridgehead atoms. The first-order chi connectivity index (χ1) is 9.60. The van der Waals surface area contributed by atoms with Gasteiger partial charge < -0.3 is 4.90 Å². The van der Waals surface area contributed by atoms with E-state index < -0.39 is 5.82 Å². The number of aryl methyl sites for hydroxylation is 1. The van der Waals surface area contributed by atoms with E-state index in [2.05, 4.69) is 19.1 Å². The monoisotopic (exact) mass is 271 g/mol. The number of hydrogen-bond acceptors (Lipinski definition) is 1. The van der Waals surface area contributed by atoms with Crippen molar-refractivity contribution in [3.63, 3.8) is 0 Å². The van der Waals surface area contributed by atoms with Gasteiger partial charge >= 0.3 is 0 Å². The van der Waals surface area contributed by atoms with Crippen molar-refractivity contribution in [2.24, 2.45) is 0 Å². The van der Waals surface area contributed by atoms with Crippen molar-refractivity contribution in [3.05, 3.63) is 71.0 Å². The van der Waals surface area contributed by atoms with Gasteiger partial charge in [-0.1, -0.05) is 37.3 Å². The van der Waals surface area contributed by atoms with Crippen molar-refractivity contribution in [3.8, 4) is 0 Å². The van der Waals surface area contributed by atoms with Gasteiger partial charge in [-0.3, -0.25) is 4.79 Å². The zero-order chi connectivity index (χ0) is 14.5. The molecule has 0 radical (unpaired) electrons. The van der Waals surface area contributed by atoms with Crippen molar-refractivity contribution < 1.29 is 9.18 Å². The van der Waals surface area contributed by atoms with E-state index in [1.165, 1.54) is 17.7 Å². The van der Waals surface area contributed by atoms with Crippen LogP contribution < -0.4 is 0 Å². The molecular weight excluding hydrogens is 253 g/mol. The highest BCUT2D eigenvalue weighted by molar-refractivity contribution is 5.94. The average Bonchev–Trinajstić information content (AvgIpc) is 2.47. The van der Waals surface area contributed by atoms with Crippen molar-refractivity contribution in [2.75, 3.05) is 7.05 Å². The SMILES string of the molecule is CCc1ccc(CN(C)C(=O)c2cccc(F)c2)cc1. The number of hydrogen-bond donors (Lipinski definition) is 0. The number of carbonyl (C=O) groups is 1. The molecule has 0 saturated carbocycles. The molecule has 0 N–H and O–H groups in total. The number of rotatable bonds is 4. The quantitative estimate of drug-likeness (QED) is 0.831. The molecule has 0 spiro atoms. The minimum atomic E-state index is -0.392. The molecular formula is C17H18FNO. The average molecular weight is 271 g/mol. The van der Waals surface area contributed by atoms with Gasteiger partial charge in [0.15, 0.2) is 0 Å². The van der Waals surface area contributed by atoms with Crippen LogP contribution in [0.3, 0.4) is 0 Å². The van der Waals surface area contributed by atoms with Crippen molar-refractivity contribution in [1.29, 1.82) is 0 Å².